The van der Waals surface area contributed by atoms with E-state index in [1.54, 1.807) is 6.21 Å². The molecule has 2 aromatic carbocycles. The molecule has 0 bridgehead atoms. The number of nitrogens with two attached hydrogens (primary N) is 1. The van der Waals surface area contributed by atoms with Crippen LogP contribution in [0.4, 0.5) is 5.69 Å². The topological polar surface area (TPSA) is 56.9 Å². The summed E-state index contributed by atoms with van der Waals surface area (Å²) in [7, 11) is 0. The van der Waals surface area contributed by atoms with E-state index in [0.717, 1.165) is 50.4 Å². The summed E-state index contributed by atoms with van der Waals surface area (Å²) in [5, 5.41) is 4.75. The van der Waals surface area contributed by atoms with Gasteiger partial charge in [0.25, 0.3) is 0 Å². The van der Waals surface area contributed by atoms with Crippen molar-refractivity contribution in [3.8, 4) is 0 Å². The van der Waals surface area contributed by atoms with Gasteiger partial charge in [0, 0.05) is 44.0 Å². The molecule has 142 valence electrons. The van der Waals surface area contributed by atoms with E-state index in [1.165, 1.54) is 5.56 Å². The van der Waals surface area contributed by atoms with Crippen LogP contribution in [0.25, 0.3) is 0 Å². The molecule has 1 aliphatic rings. The molecule has 0 radical (unpaired) electrons. The van der Waals surface area contributed by atoms with E-state index < -0.39 is 0 Å². The lowest BCUT2D eigenvalue weighted by molar-refractivity contribution is 0.285. The maximum Gasteiger partial charge on any atom is 0.184 e. The number of hydrazone groups is 1. The van der Waals surface area contributed by atoms with Gasteiger partial charge in [0.05, 0.1) is 11.2 Å². The molecule has 0 spiro atoms. The molecule has 0 saturated carbocycles. The van der Waals surface area contributed by atoms with E-state index in [9.17, 15) is 0 Å². The summed E-state index contributed by atoms with van der Waals surface area (Å²) in [4.78, 5) is 4.91. The first-order chi connectivity index (χ1) is 13.1. The Morgan fingerprint density at radius 1 is 1.15 bits per heavy atom. The zero-order valence-corrected chi connectivity index (χ0v) is 16.7. The van der Waals surface area contributed by atoms with E-state index in [0.29, 0.717) is 5.02 Å². The summed E-state index contributed by atoms with van der Waals surface area (Å²) in [5.74, 6) is 0. The Kier molecular flexibility index (Phi) is 7.04. The molecular formula is C20H24ClN5S. The molecule has 0 amide bonds. The summed E-state index contributed by atoms with van der Waals surface area (Å²) < 4.78 is 0. The van der Waals surface area contributed by atoms with Gasteiger partial charge in [-0.1, -0.05) is 41.9 Å². The smallest absolute Gasteiger partial charge is 0.184 e. The maximum atomic E-state index is 6.42. The van der Waals surface area contributed by atoms with Gasteiger partial charge in [-0.05, 0) is 42.4 Å². The van der Waals surface area contributed by atoms with Crippen molar-refractivity contribution in [2.45, 2.75) is 13.0 Å². The number of hydrogen-bond acceptors (Lipinski definition) is 4. The predicted octanol–water partition coefficient (Wildman–Crippen LogP) is 3.22. The lowest BCUT2D eigenvalue weighted by Gasteiger charge is -2.24. The van der Waals surface area contributed by atoms with E-state index in [1.807, 2.05) is 12.1 Å². The Labute approximate surface area is 170 Å². The van der Waals surface area contributed by atoms with Crippen LogP contribution in [0, 0.1) is 0 Å². The molecular weight excluding hydrogens is 378 g/mol. The van der Waals surface area contributed by atoms with E-state index in [4.69, 9.17) is 29.6 Å². The number of nitrogens with zero attached hydrogens (tertiary/aromatic N) is 3. The van der Waals surface area contributed by atoms with Crippen LogP contribution in [0.15, 0.2) is 53.6 Å². The maximum absolute atomic E-state index is 6.42. The Bertz CT molecular complexity index is 796. The average molecular weight is 402 g/mol. The quantitative estimate of drug-likeness (QED) is 0.457. The lowest BCUT2D eigenvalue weighted by atomic mass is 10.2. The van der Waals surface area contributed by atoms with E-state index in [-0.39, 0.29) is 5.11 Å². The van der Waals surface area contributed by atoms with Gasteiger partial charge in [0.15, 0.2) is 5.11 Å². The summed E-state index contributed by atoms with van der Waals surface area (Å²) in [5.41, 5.74) is 11.2. The minimum atomic E-state index is 0.128. The standard InChI is InChI=1S/C20H24ClN5S/c21-19-13-18(8-7-17(19)14-23-24-20(22)27)26-10-4-9-25(11-12-26)15-16-5-2-1-3-6-16/h1-3,5-8,13-14H,4,9-12,15H2,(H3,22,24,27)/b23-14+. The molecule has 0 aromatic heterocycles. The molecule has 1 fully saturated rings. The Hall–Kier alpha value is -2.15. The van der Waals surface area contributed by atoms with Gasteiger partial charge in [0.1, 0.15) is 0 Å². The highest BCUT2D eigenvalue weighted by Gasteiger charge is 2.16. The van der Waals surface area contributed by atoms with Gasteiger partial charge in [0.2, 0.25) is 0 Å². The van der Waals surface area contributed by atoms with Gasteiger partial charge in [-0.25, -0.2) is 0 Å². The van der Waals surface area contributed by atoms with Crippen molar-refractivity contribution in [2.24, 2.45) is 10.8 Å². The first-order valence-electron chi connectivity index (χ1n) is 9.01. The highest BCUT2D eigenvalue weighted by molar-refractivity contribution is 7.80. The number of hydrogen-bond donors (Lipinski definition) is 2. The van der Waals surface area contributed by atoms with Crippen molar-refractivity contribution in [1.82, 2.24) is 10.3 Å². The van der Waals surface area contributed by atoms with Crippen LogP contribution in [-0.4, -0.2) is 42.4 Å². The number of anilines is 1. The van der Waals surface area contributed by atoms with Crippen molar-refractivity contribution in [1.29, 1.82) is 0 Å². The SMILES string of the molecule is NC(=S)N/N=C/c1ccc(N2CCCN(Cc3ccccc3)CC2)cc1Cl. The van der Waals surface area contributed by atoms with Crippen LogP contribution in [0.3, 0.4) is 0 Å². The monoisotopic (exact) mass is 401 g/mol. The summed E-state index contributed by atoms with van der Waals surface area (Å²) in [6.07, 6.45) is 2.75. The fourth-order valence-corrected chi connectivity index (χ4v) is 3.49. The van der Waals surface area contributed by atoms with Gasteiger partial charge in [-0.3, -0.25) is 10.3 Å². The van der Waals surface area contributed by atoms with Gasteiger partial charge >= 0.3 is 0 Å². The second-order valence-electron chi connectivity index (χ2n) is 6.54. The highest BCUT2D eigenvalue weighted by atomic mass is 35.5. The number of nitrogens with one attached hydrogen (secondary N) is 1. The number of thiocarbonyl (C=S) groups is 1. The molecule has 1 heterocycles. The van der Waals surface area contributed by atoms with Gasteiger partial charge in [-0.15, -0.1) is 0 Å². The normalized spacial score (nSPS) is 15.7. The molecule has 3 N–H and O–H groups in total. The van der Waals surface area contributed by atoms with E-state index in [2.05, 4.69) is 56.7 Å². The zero-order valence-electron chi connectivity index (χ0n) is 15.1. The first kappa shape index (κ1) is 19.6. The Morgan fingerprint density at radius 2 is 1.96 bits per heavy atom. The van der Waals surface area contributed by atoms with Crippen LogP contribution in [0.5, 0.6) is 0 Å². The second-order valence-corrected chi connectivity index (χ2v) is 7.39. The molecule has 0 aliphatic carbocycles. The molecule has 1 saturated heterocycles. The fraction of sp³-hybridized carbons (Fsp3) is 0.300. The van der Waals surface area contributed by atoms with Crippen molar-refractivity contribution >= 4 is 40.8 Å². The van der Waals surface area contributed by atoms with Crippen LogP contribution in [0.1, 0.15) is 17.5 Å². The van der Waals surface area contributed by atoms with Crippen molar-refractivity contribution in [2.75, 3.05) is 31.1 Å². The third kappa shape index (κ3) is 5.92. The summed E-state index contributed by atoms with van der Waals surface area (Å²) in [6, 6.07) is 16.7. The molecule has 2 aromatic rings. The third-order valence-electron chi connectivity index (χ3n) is 4.57. The van der Waals surface area contributed by atoms with Crippen LogP contribution >= 0.6 is 23.8 Å². The van der Waals surface area contributed by atoms with E-state index >= 15 is 0 Å². The minimum Gasteiger partial charge on any atom is -0.375 e. The molecule has 0 atom stereocenters. The molecule has 3 rings (SSSR count). The average Bonchev–Trinajstić information content (AvgIpc) is 2.89. The summed E-state index contributed by atoms with van der Waals surface area (Å²) >= 11 is 11.1. The zero-order chi connectivity index (χ0) is 19.1. The third-order valence-corrected chi connectivity index (χ3v) is 4.98. The first-order valence-corrected chi connectivity index (χ1v) is 9.80. The second kappa shape index (κ2) is 9.69. The van der Waals surface area contributed by atoms with Crippen molar-refractivity contribution < 1.29 is 0 Å². The summed E-state index contributed by atoms with van der Waals surface area (Å²) in [6.45, 7) is 5.15. The van der Waals surface area contributed by atoms with Gasteiger partial charge in [-0.2, -0.15) is 5.10 Å². The lowest BCUT2D eigenvalue weighted by Crippen LogP contribution is -2.30. The van der Waals surface area contributed by atoms with Crippen LogP contribution < -0.4 is 16.1 Å². The molecule has 7 heteroatoms. The number of halogens is 1. The number of benzene rings is 2. The largest absolute Gasteiger partial charge is 0.375 e. The molecule has 27 heavy (non-hydrogen) atoms. The van der Waals surface area contributed by atoms with Crippen molar-refractivity contribution in [3.05, 3.63) is 64.7 Å². The molecule has 1 aliphatic heterocycles. The fourth-order valence-electron chi connectivity index (χ4n) is 3.21. The van der Waals surface area contributed by atoms with Crippen LogP contribution in [0.2, 0.25) is 5.02 Å². The molecule has 5 nitrogen and oxygen atoms in total. The Morgan fingerprint density at radius 3 is 2.70 bits per heavy atom. The number of rotatable bonds is 5. The van der Waals surface area contributed by atoms with Crippen molar-refractivity contribution in [3.63, 3.8) is 0 Å². The molecule has 0 unspecified atom stereocenters. The van der Waals surface area contributed by atoms with Gasteiger partial charge < -0.3 is 10.6 Å². The van der Waals surface area contributed by atoms with Crippen LogP contribution in [-0.2, 0) is 6.54 Å². The minimum absolute atomic E-state index is 0.128. The Balaban J connectivity index is 1.61. The predicted molar refractivity (Wildman–Crippen MR) is 118 cm³/mol. The highest BCUT2D eigenvalue weighted by Crippen LogP contribution is 2.24.